The monoisotopic (exact) mass is 253 g/mol. The molecule has 19 heavy (non-hydrogen) atoms. The van der Waals surface area contributed by atoms with Crippen LogP contribution in [0.5, 0.6) is 0 Å². The van der Waals surface area contributed by atoms with Crippen LogP contribution < -0.4 is 5.32 Å². The Morgan fingerprint density at radius 1 is 0.947 bits per heavy atom. The van der Waals surface area contributed by atoms with Gasteiger partial charge in [0.1, 0.15) is 6.10 Å². The van der Waals surface area contributed by atoms with Crippen molar-refractivity contribution in [1.82, 2.24) is 5.32 Å². The van der Waals surface area contributed by atoms with Crippen molar-refractivity contribution in [2.45, 2.75) is 13.0 Å². The van der Waals surface area contributed by atoms with Crippen LogP contribution in [0, 0.1) is 0 Å². The number of rotatable bonds is 5. The van der Waals surface area contributed by atoms with Gasteiger partial charge in [-0.05, 0) is 28.8 Å². The molecule has 2 heteroatoms. The predicted octanol–water partition coefficient (Wildman–Crippen LogP) is 3.38. The fraction of sp³-hybridized carbons (Fsp3) is 0.294. The van der Waals surface area contributed by atoms with Gasteiger partial charge in [-0.25, -0.2) is 0 Å². The highest BCUT2D eigenvalue weighted by molar-refractivity contribution is 5.77. The van der Waals surface area contributed by atoms with Gasteiger partial charge in [0.25, 0.3) is 0 Å². The number of likely N-dealkylation sites (N-methyl/N-ethyl adjacent to an activating group) is 1. The van der Waals surface area contributed by atoms with Crippen LogP contribution >= 0.6 is 0 Å². The van der Waals surface area contributed by atoms with Gasteiger partial charge in [0.05, 0.1) is 6.61 Å². The van der Waals surface area contributed by atoms with Crippen molar-refractivity contribution in [3.8, 4) is 11.1 Å². The van der Waals surface area contributed by atoms with Crippen LogP contribution in [-0.2, 0) is 4.74 Å². The van der Waals surface area contributed by atoms with Gasteiger partial charge in [0, 0.05) is 6.54 Å². The third-order valence-electron chi connectivity index (χ3n) is 3.59. The third kappa shape index (κ3) is 2.29. The molecule has 0 bridgehead atoms. The second-order valence-corrected chi connectivity index (χ2v) is 4.78. The minimum atomic E-state index is 0.0889. The molecule has 0 aliphatic heterocycles. The second kappa shape index (κ2) is 5.55. The van der Waals surface area contributed by atoms with E-state index < -0.39 is 0 Å². The number of ether oxygens (including phenoxy) is 1. The number of nitrogens with one attached hydrogen (secondary N) is 1. The molecule has 0 radical (unpaired) electrons. The second-order valence-electron chi connectivity index (χ2n) is 4.78. The first-order valence-electron chi connectivity index (χ1n) is 6.92. The smallest absolute Gasteiger partial charge is 0.109 e. The van der Waals surface area contributed by atoms with Crippen LogP contribution in [0.25, 0.3) is 11.1 Å². The maximum absolute atomic E-state index is 6.10. The first-order chi connectivity index (χ1) is 9.42. The zero-order chi connectivity index (χ0) is 13.1. The molecule has 0 fully saturated rings. The maximum atomic E-state index is 6.10. The molecule has 0 amide bonds. The quantitative estimate of drug-likeness (QED) is 0.825. The molecule has 98 valence electrons. The van der Waals surface area contributed by atoms with Crippen LogP contribution in [-0.4, -0.2) is 19.7 Å². The summed E-state index contributed by atoms with van der Waals surface area (Å²) in [4.78, 5) is 0. The normalized spacial score (nSPS) is 13.3. The largest absolute Gasteiger partial charge is 0.367 e. The summed E-state index contributed by atoms with van der Waals surface area (Å²) < 4.78 is 6.10. The van der Waals surface area contributed by atoms with E-state index in [1.165, 1.54) is 22.3 Å². The van der Waals surface area contributed by atoms with Crippen molar-refractivity contribution >= 4 is 0 Å². The minimum Gasteiger partial charge on any atom is -0.367 e. The molecule has 0 aromatic heterocycles. The summed E-state index contributed by atoms with van der Waals surface area (Å²) >= 11 is 0. The molecule has 2 nitrogen and oxygen atoms in total. The van der Waals surface area contributed by atoms with E-state index in [4.69, 9.17) is 4.74 Å². The summed E-state index contributed by atoms with van der Waals surface area (Å²) in [5.41, 5.74) is 5.21. The summed E-state index contributed by atoms with van der Waals surface area (Å²) in [5.74, 6) is 0. The van der Waals surface area contributed by atoms with Crippen LogP contribution in [0.4, 0.5) is 0 Å². The van der Waals surface area contributed by atoms with Crippen molar-refractivity contribution in [3.63, 3.8) is 0 Å². The topological polar surface area (TPSA) is 21.3 Å². The highest BCUT2D eigenvalue weighted by Crippen LogP contribution is 2.44. The minimum absolute atomic E-state index is 0.0889. The Morgan fingerprint density at radius 2 is 1.53 bits per heavy atom. The average Bonchev–Trinajstić information content (AvgIpc) is 2.78. The third-order valence-corrected chi connectivity index (χ3v) is 3.59. The Balaban J connectivity index is 1.87. The number of hydrogen-bond acceptors (Lipinski definition) is 2. The van der Waals surface area contributed by atoms with Gasteiger partial charge in [0.15, 0.2) is 0 Å². The van der Waals surface area contributed by atoms with E-state index in [1.807, 2.05) is 0 Å². The Kier molecular flexibility index (Phi) is 3.62. The number of benzene rings is 2. The Labute approximate surface area is 114 Å². The van der Waals surface area contributed by atoms with Crippen molar-refractivity contribution in [3.05, 3.63) is 59.7 Å². The van der Waals surface area contributed by atoms with Crippen LogP contribution in [0.2, 0.25) is 0 Å². The summed E-state index contributed by atoms with van der Waals surface area (Å²) in [5, 5.41) is 3.30. The SMILES string of the molecule is CCNCCOC1c2ccccc2-c2ccccc21. The van der Waals surface area contributed by atoms with E-state index >= 15 is 0 Å². The summed E-state index contributed by atoms with van der Waals surface area (Å²) in [7, 11) is 0. The van der Waals surface area contributed by atoms with Gasteiger partial charge in [-0.1, -0.05) is 55.5 Å². The molecule has 2 aromatic carbocycles. The van der Waals surface area contributed by atoms with E-state index in [9.17, 15) is 0 Å². The molecule has 1 aliphatic rings. The van der Waals surface area contributed by atoms with Crippen molar-refractivity contribution < 1.29 is 4.74 Å². The Bertz CT molecular complexity index is 519. The van der Waals surface area contributed by atoms with Gasteiger partial charge in [0.2, 0.25) is 0 Å². The maximum Gasteiger partial charge on any atom is 0.109 e. The zero-order valence-electron chi connectivity index (χ0n) is 11.2. The standard InChI is InChI=1S/C17H19NO/c1-2-18-11-12-19-17-15-9-5-3-7-13(15)14-8-4-6-10-16(14)17/h3-10,17-18H,2,11-12H2,1H3. The van der Waals surface area contributed by atoms with E-state index in [0.29, 0.717) is 0 Å². The van der Waals surface area contributed by atoms with Gasteiger partial charge in [-0.2, -0.15) is 0 Å². The molecule has 2 aromatic rings. The first-order valence-corrected chi connectivity index (χ1v) is 6.92. The molecule has 0 saturated carbocycles. The Hall–Kier alpha value is -1.64. The molecule has 0 saturated heterocycles. The molecule has 1 N–H and O–H groups in total. The summed E-state index contributed by atoms with van der Waals surface area (Å²) in [6.07, 6.45) is 0.0889. The molecule has 1 aliphatic carbocycles. The first kappa shape index (κ1) is 12.4. The van der Waals surface area contributed by atoms with Crippen LogP contribution in [0.15, 0.2) is 48.5 Å². The molecule has 0 spiro atoms. The van der Waals surface area contributed by atoms with Crippen molar-refractivity contribution in [2.75, 3.05) is 19.7 Å². The van der Waals surface area contributed by atoms with Crippen molar-refractivity contribution in [1.29, 1.82) is 0 Å². The summed E-state index contributed by atoms with van der Waals surface area (Å²) in [6, 6.07) is 17.1. The lowest BCUT2D eigenvalue weighted by atomic mass is 10.1. The van der Waals surface area contributed by atoms with Gasteiger partial charge >= 0.3 is 0 Å². The average molecular weight is 253 g/mol. The zero-order valence-corrected chi connectivity index (χ0v) is 11.2. The van der Waals surface area contributed by atoms with Crippen LogP contribution in [0.1, 0.15) is 24.2 Å². The van der Waals surface area contributed by atoms with E-state index in [0.717, 1.165) is 19.7 Å². The fourth-order valence-electron chi connectivity index (χ4n) is 2.71. The number of hydrogen-bond donors (Lipinski definition) is 1. The van der Waals surface area contributed by atoms with E-state index in [-0.39, 0.29) is 6.10 Å². The highest BCUT2D eigenvalue weighted by atomic mass is 16.5. The van der Waals surface area contributed by atoms with Gasteiger partial charge in [-0.15, -0.1) is 0 Å². The summed E-state index contributed by atoms with van der Waals surface area (Å²) in [6.45, 7) is 4.74. The fourth-order valence-corrected chi connectivity index (χ4v) is 2.71. The molecule has 0 atom stereocenters. The van der Waals surface area contributed by atoms with Gasteiger partial charge in [-0.3, -0.25) is 0 Å². The molecule has 0 unspecified atom stereocenters. The Morgan fingerprint density at radius 3 is 2.11 bits per heavy atom. The number of fused-ring (bicyclic) bond motifs is 3. The van der Waals surface area contributed by atoms with Crippen LogP contribution in [0.3, 0.4) is 0 Å². The highest BCUT2D eigenvalue weighted by Gasteiger charge is 2.28. The van der Waals surface area contributed by atoms with Gasteiger partial charge < -0.3 is 10.1 Å². The van der Waals surface area contributed by atoms with E-state index in [2.05, 4.69) is 60.8 Å². The van der Waals surface area contributed by atoms with E-state index in [1.54, 1.807) is 0 Å². The lowest BCUT2D eigenvalue weighted by Gasteiger charge is -2.15. The lowest BCUT2D eigenvalue weighted by Crippen LogP contribution is -2.20. The molecule has 3 rings (SSSR count). The molecule has 0 heterocycles. The lowest BCUT2D eigenvalue weighted by molar-refractivity contribution is 0.0853. The predicted molar refractivity (Wildman–Crippen MR) is 78.2 cm³/mol. The molecular formula is C17H19NO. The van der Waals surface area contributed by atoms with Crippen molar-refractivity contribution in [2.24, 2.45) is 0 Å². The molecular weight excluding hydrogens is 234 g/mol.